The van der Waals surface area contributed by atoms with Gasteiger partial charge in [0.25, 0.3) is 8.32 Å². The van der Waals surface area contributed by atoms with Crippen molar-refractivity contribution in [3.05, 3.63) is 126 Å². The molecule has 0 saturated carbocycles. The molecular weight excluding hydrogens is 717 g/mol. The van der Waals surface area contributed by atoms with Crippen LogP contribution < -0.4 is 10.4 Å². The van der Waals surface area contributed by atoms with E-state index >= 15 is 0 Å². The molecule has 1 saturated heterocycles. The molecule has 55 heavy (non-hydrogen) atoms. The number of hydrogen-bond acceptors (Lipinski definition) is 10. The second-order valence-corrected chi connectivity index (χ2v) is 19.3. The number of carbonyl (C=O) groups is 3. The molecule has 6 rings (SSSR count). The van der Waals surface area contributed by atoms with Crippen LogP contribution in [-0.2, 0) is 25.4 Å². The van der Waals surface area contributed by atoms with Gasteiger partial charge in [-0.1, -0.05) is 87.5 Å². The Hall–Kier alpha value is -4.98. The van der Waals surface area contributed by atoms with E-state index in [9.17, 15) is 29.7 Å². The molecule has 1 fully saturated rings. The molecule has 3 amide bonds. The summed E-state index contributed by atoms with van der Waals surface area (Å²) in [6.45, 7) is 5.66. The van der Waals surface area contributed by atoms with Crippen molar-refractivity contribution in [1.82, 2.24) is 9.88 Å². The number of benzene rings is 2. The SMILES string of the molecule is COC(=O)N1C(=O)[C@@H]2[C@@H](CC(CO[Si](c3ccccc3)(c3ccccc3)C(C)(C)C)=C([C@H](O)CC/C(=C/c3ccc(CO)o3)c3ccccn3)[C@@H]2CO)C1=O. The predicted octanol–water partition coefficient (Wildman–Crippen LogP) is 5.10. The van der Waals surface area contributed by atoms with E-state index in [2.05, 4.69) is 50.0 Å². The first kappa shape index (κ1) is 39.7. The molecule has 4 aromatic rings. The number of ether oxygens (including phenoxy) is 1. The molecule has 3 N–H and O–H groups in total. The van der Waals surface area contributed by atoms with Crippen LogP contribution in [0.4, 0.5) is 4.79 Å². The van der Waals surface area contributed by atoms with Gasteiger partial charge in [0.1, 0.15) is 18.1 Å². The van der Waals surface area contributed by atoms with Gasteiger partial charge in [0.15, 0.2) is 0 Å². The van der Waals surface area contributed by atoms with Crippen molar-refractivity contribution in [3.8, 4) is 0 Å². The molecule has 0 radical (unpaired) electrons. The summed E-state index contributed by atoms with van der Waals surface area (Å²) in [7, 11) is -2.01. The Morgan fingerprint density at radius 2 is 1.62 bits per heavy atom. The Labute approximate surface area is 322 Å². The lowest BCUT2D eigenvalue weighted by atomic mass is 9.68. The van der Waals surface area contributed by atoms with Gasteiger partial charge in [-0.25, -0.2) is 4.79 Å². The van der Waals surface area contributed by atoms with E-state index in [-0.39, 0.29) is 31.1 Å². The van der Waals surface area contributed by atoms with Crippen molar-refractivity contribution < 1.29 is 43.3 Å². The second kappa shape index (κ2) is 16.8. The van der Waals surface area contributed by atoms with Crippen LogP contribution in [0, 0.1) is 17.8 Å². The summed E-state index contributed by atoms with van der Waals surface area (Å²) >= 11 is 0. The summed E-state index contributed by atoms with van der Waals surface area (Å²) < 4.78 is 17.9. The number of imide groups is 3. The standard InChI is InChI=1S/C43H48N2O9Si/c1-43(2,3)55(32-13-7-5-8-14-32,33-15-9-6-10-16-33)53-27-29-24-34-39(41(50)45(40(34)49)42(51)52-4)35(26-47)38(29)37(48)21-18-28(36-17-11-12-22-44-36)23-30-19-20-31(25-46)54-30/h5-17,19-20,22-23,34-35,37,39,46-48H,18,21,24-27H2,1-4H3/b28-23-/t34-,35+,37-,39-/m1/s1. The van der Waals surface area contributed by atoms with Crippen molar-refractivity contribution >= 4 is 48.2 Å². The van der Waals surface area contributed by atoms with E-state index in [4.69, 9.17) is 13.6 Å². The van der Waals surface area contributed by atoms with Gasteiger partial charge in [0.05, 0.1) is 44.0 Å². The first-order valence-corrected chi connectivity index (χ1v) is 20.4. The first-order valence-electron chi connectivity index (χ1n) is 18.5. The zero-order valence-electron chi connectivity index (χ0n) is 31.6. The molecule has 288 valence electrons. The number of methoxy groups -OCH3 is 1. The van der Waals surface area contributed by atoms with Crippen LogP contribution in [0.2, 0.25) is 5.04 Å². The number of fused-ring (bicyclic) bond motifs is 1. The van der Waals surface area contributed by atoms with Crippen LogP contribution in [0.5, 0.6) is 0 Å². The monoisotopic (exact) mass is 764 g/mol. The highest BCUT2D eigenvalue weighted by molar-refractivity contribution is 6.99. The summed E-state index contributed by atoms with van der Waals surface area (Å²) in [5, 5.41) is 34.5. The molecule has 0 spiro atoms. The molecule has 1 aliphatic heterocycles. The van der Waals surface area contributed by atoms with Gasteiger partial charge in [-0.2, -0.15) is 4.90 Å². The Morgan fingerprint density at radius 3 is 2.16 bits per heavy atom. The van der Waals surface area contributed by atoms with Crippen molar-refractivity contribution in [2.24, 2.45) is 17.8 Å². The number of aliphatic hydroxyl groups is 3. The smallest absolute Gasteiger partial charge is 0.423 e. The summed E-state index contributed by atoms with van der Waals surface area (Å²) in [4.78, 5) is 45.4. The molecule has 2 aliphatic rings. The van der Waals surface area contributed by atoms with E-state index in [0.29, 0.717) is 39.7 Å². The maximum absolute atomic E-state index is 13.8. The number of carbonyl (C=O) groups excluding carboxylic acids is 3. The molecule has 12 heteroatoms. The third-order valence-electron chi connectivity index (χ3n) is 10.8. The number of amides is 3. The third kappa shape index (κ3) is 7.78. The molecule has 2 aromatic heterocycles. The fourth-order valence-corrected chi connectivity index (χ4v) is 12.9. The average molecular weight is 765 g/mol. The van der Waals surface area contributed by atoms with Gasteiger partial charge in [0.2, 0.25) is 11.8 Å². The summed E-state index contributed by atoms with van der Waals surface area (Å²) in [6, 6.07) is 29.1. The normalized spacial score (nSPS) is 19.8. The van der Waals surface area contributed by atoms with Crippen molar-refractivity contribution in [2.75, 3.05) is 20.3 Å². The van der Waals surface area contributed by atoms with E-state index in [0.717, 1.165) is 23.1 Å². The van der Waals surface area contributed by atoms with E-state index in [1.165, 1.54) is 0 Å². The number of pyridine rings is 1. The maximum atomic E-state index is 13.8. The molecule has 0 unspecified atom stereocenters. The number of aliphatic hydroxyl groups excluding tert-OH is 3. The number of nitrogens with zero attached hydrogens (tertiary/aromatic N) is 2. The topological polar surface area (TPSA) is 160 Å². The Morgan fingerprint density at radius 1 is 0.964 bits per heavy atom. The quantitative estimate of drug-likeness (QED) is 0.0950. The van der Waals surface area contributed by atoms with Crippen LogP contribution in [0.15, 0.2) is 113 Å². The lowest BCUT2D eigenvalue weighted by Gasteiger charge is -2.44. The average Bonchev–Trinajstić information content (AvgIpc) is 3.76. The van der Waals surface area contributed by atoms with Crippen LogP contribution in [0.25, 0.3) is 11.6 Å². The van der Waals surface area contributed by atoms with Gasteiger partial charge >= 0.3 is 6.09 Å². The highest BCUT2D eigenvalue weighted by Gasteiger charge is 2.58. The Bertz CT molecular complexity index is 2000. The zero-order chi connectivity index (χ0) is 39.3. The minimum Gasteiger partial charge on any atom is -0.459 e. The summed E-state index contributed by atoms with van der Waals surface area (Å²) in [6.07, 6.45) is 1.73. The number of allylic oxidation sites excluding steroid dienone is 1. The number of aromatic nitrogens is 1. The van der Waals surface area contributed by atoms with Crippen molar-refractivity contribution in [2.45, 2.75) is 57.8 Å². The lowest BCUT2D eigenvalue weighted by molar-refractivity contribution is -0.137. The first-order chi connectivity index (χ1) is 26.4. The Balaban J connectivity index is 1.43. The van der Waals surface area contributed by atoms with Crippen molar-refractivity contribution in [1.29, 1.82) is 0 Å². The van der Waals surface area contributed by atoms with Gasteiger partial charge in [-0.15, -0.1) is 0 Å². The minimum absolute atomic E-state index is 0.0123. The van der Waals surface area contributed by atoms with E-state index in [1.807, 2.05) is 54.6 Å². The fourth-order valence-electron chi connectivity index (χ4n) is 8.32. The highest BCUT2D eigenvalue weighted by atomic mass is 28.4. The molecule has 3 heterocycles. The van der Waals surface area contributed by atoms with Crippen LogP contribution in [0.3, 0.4) is 0 Å². The molecular formula is C43H48N2O9Si. The van der Waals surface area contributed by atoms with Crippen LogP contribution in [-0.4, -0.2) is 77.9 Å². The van der Waals surface area contributed by atoms with Crippen molar-refractivity contribution in [3.63, 3.8) is 0 Å². The van der Waals surface area contributed by atoms with Gasteiger partial charge in [-0.3, -0.25) is 14.6 Å². The van der Waals surface area contributed by atoms with Gasteiger partial charge < -0.3 is 28.9 Å². The number of furan rings is 1. The fraction of sp³-hybridized carbons (Fsp3) is 0.349. The maximum Gasteiger partial charge on any atom is 0.423 e. The molecule has 11 nitrogen and oxygen atoms in total. The van der Waals surface area contributed by atoms with E-state index < -0.39 is 56.7 Å². The zero-order valence-corrected chi connectivity index (χ0v) is 32.6. The summed E-state index contributed by atoms with van der Waals surface area (Å²) in [5.41, 5.74) is 2.45. The number of likely N-dealkylation sites (tertiary alicyclic amines) is 1. The summed E-state index contributed by atoms with van der Waals surface area (Å²) in [5.74, 6) is -3.56. The molecule has 1 aliphatic carbocycles. The minimum atomic E-state index is -3.12. The highest BCUT2D eigenvalue weighted by Crippen LogP contribution is 2.47. The predicted molar refractivity (Wildman–Crippen MR) is 209 cm³/mol. The van der Waals surface area contributed by atoms with Gasteiger partial charge in [-0.05, 0) is 81.7 Å². The van der Waals surface area contributed by atoms with Crippen LogP contribution in [0.1, 0.15) is 57.2 Å². The van der Waals surface area contributed by atoms with Gasteiger partial charge in [0, 0.05) is 12.1 Å². The number of rotatable bonds is 13. The largest absolute Gasteiger partial charge is 0.459 e. The van der Waals surface area contributed by atoms with Crippen LogP contribution >= 0.6 is 0 Å². The number of hydrogen-bond donors (Lipinski definition) is 3. The molecule has 4 atom stereocenters. The Kier molecular flexibility index (Phi) is 12.1. The third-order valence-corrected chi connectivity index (χ3v) is 15.8. The lowest BCUT2D eigenvalue weighted by Crippen LogP contribution is -2.66. The second-order valence-electron chi connectivity index (χ2n) is 15.0. The van der Waals surface area contributed by atoms with E-state index in [1.54, 1.807) is 24.4 Å². The molecule has 0 bridgehead atoms. The molecule has 2 aromatic carbocycles.